The molecule has 0 saturated heterocycles. The lowest BCUT2D eigenvalue weighted by atomic mass is 10.1. The van der Waals surface area contributed by atoms with E-state index in [1.165, 1.54) is 5.56 Å². The molecule has 0 saturated carbocycles. The van der Waals surface area contributed by atoms with Gasteiger partial charge in [-0.05, 0) is 37.5 Å². The SMILES string of the molecule is CN=C(NCCCc1cccc(Br)c1)NC(C)COC. The molecule has 4 nitrogen and oxygen atoms in total. The monoisotopic (exact) mass is 341 g/mol. The first-order valence-electron chi connectivity index (χ1n) is 6.86. The molecule has 0 aromatic heterocycles. The Bertz CT molecular complexity index is 423. The maximum absolute atomic E-state index is 5.09. The molecule has 0 fully saturated rings. The van der Waals surface area contributed by atoms with E-state index in [1.54, 1.807) is 14.2 Å². The zero-order valence-electron chi connectivity index (χ0n) is 12.4. The zero-order valence-corrected chi connectivity index (χ0v) is 14.0. The van der Waals surface area contributed by atoms with Gasteiger partial charge in [-0.2, -0.15) is 0 Å². The Hall–Kier alpha value is -1.07. The second-order valence-electron chi connectivity index (χ2n) is 4.73. The highest BCUT2D eigenvalue weighted by molar-refractivity contribution is 9.10. The van der Waals surface area contributed by atoms with Gasteiger partial charge in [0.15, 0.2) is 5.96 Å². The largest absolute Gasteiger partial charge is 0.383 e. The molecule has 1 atom stereocenters. The number of hydrogen-bond donors (Lipinski definition) is 2. The van der Waals surface area contributed by atoms with Gasteiger partial charge in [0.05, 0.1) is 6.61 Å². The fourth-order valence-electron chi connectivity index (χ4n) is 1.91. The lowest BCUT2D eigenvalue weighted by molar-refractivity contribution is 0.179. The van der Waals surface area contributed by atoms with Crippen molar-refractivity contribution < 1.29 is 4.74 Å². The highest BCUT2D eigenvalue weighted by atomic mass is 79.9. The van der Waals surface area contributed by atoms with Crippen molar-refractivity contribution in [3.8, 4) is 0 Å². The summed E-state index contributed by atoms with van der Waals surface area (Å²) >= 11 is 3.49. The predicted molar refractivity (Wildman–Crippen MR) is 88.3 cm³/mol. The van der Waals surface area contributed by atoms with Gasteiger partial charge in [0.1, 0.15) is 0 Å². The van der Waals surface area contributed by atoms with E-state index in [9.17, 15) is 0 Å². The molecule has 0 aliphatic carbocycles. The minimum Gasteiger partial charge on any atom is -0.383 e. The summed E-state index contributed by atoms with van der Waals surface area (Å²) in [6, 6.07) is 8.67. The summed E-state index contributed by atoms with van der Waals surface area (Å²) < 4.78 is 6.23. The second-order valence-corrected chi connectivity index (χ2v) is 5.65. The standard InChI is InChI=1S/C15H24BrN3O/c1-12(11-20-3)19-15(17-2)18-9-5-7-13-6-4-8-14(16)10-13/h4,6,8,10,12H,5,7,9,11H2,1-3H3,(H2,17,18,19). The van der Waals surface area contributed by atoms with E-state index in [1.807, 2.05) is 6.07 Å². The maximum atomic E-state index is 5.09. The Morgan fingerprint density at radius 1 is 1.45 bits per heavy atom. The average Bonchev–Trinajstić information content (AvgIpc) is 2.42. The number of aliphatic imine (C=N–C) groups is 1. The number of benzene rings is 1. The van der Waals surface area contributed by atoms with Crippen molar-refractivity contribution in [1.29, 1.82) is 0 Å². The minimum atomic E-state index is 0.247. The van der Waals surface area contributed by atoms with E-state index in [0.29, 0.717) is 6.61 Å². The Kier molecular flexibility index (Phi) is 8.30. The maximum Gasteiger partial charge on any atom is 0.191 e. The third kappa shape index (κ3) is 6.91. The molecule has 1 aromatic carbocycles. The van der Waals surface area contributed by atoms with Gasteiger partial charge in [-0.1, -0.05) is 28.1 Å². The number of nitrogens with one attached hydrogen (secondary N) is 2. The van der Waals surface area contributed by atoms with Crippen molar-refractivity contribution in [2.45, 2.75) is 25.8 Å². The van der Waals surface area contributed by atoms with Gasteiger partial charge in [0, 0.05) is 31.2 Å². The minimum absolute atomic E-state index is 0.247. The van der Waals surface area contributed by atoms with Gasteiger partial charge in [-0.3, -0.25) is 4.99 Å². The van der Waals surface area contributed by atoms with Crippen LogP contribution in [-0.2, 0) is 11.2 Å². The fourth-order valence-corrected chi connectivity index (χ4v) is 2.36. The van der Waals surface area contributed by atoms with E-state index in [0.717, 1.165) is 29.8 Å². The molecule has 0 spiro atoms. The van der Waals surface area contributed by atoms with Crippen molar-refractivity contribution in [2.75, 3.05) is 27.3 Å². The smallest absolute Gasteiger partial charge is 0.191 e. The Balaban J connectivity index is 2.25. The summed E-state index contributed by atoms with van der Waals surface area (Å²) in [5.74, 6) is 0.823. The van der Waals surface area contributed by atoms with E-state index in [-0.39, 0.29) is 6.04 Å². The quantitative estimate of drug-likeness (QED) is 0.455. The highest BCUT2D eigenvalue weighted by Crippen LogP contribution is 2.12. The molecule has 0 bridgehead atoms. The number of guanidine groups is 1. The van der Waals surface area contributed by atoms with Gasteiger partial charge < -0.3 is 15.4 Å². The number of aryl methyl sites for hydroxylation is 1. The van der Waals surface area contributed by atoms with Crippen LogP contribution in [0.1, 0.15) is 18.9 Å². The van der Waals surface area contributed by atoms with Crippen LogP contribution in [0.3, 0.4) is 0 Å². The van der Waals surface area contributed by atoms with Crippen LogP contribution in [0.15, 0.2) is 33.7 Å². The predicted octanol–water partition coefficient (Wildman–Crippen LogP) is 2.58. The van der Waals surface area contributed by atoms with Crippen LogP contribution in [0, 0.1) is 0 Å². The molecule has 1 rings (SSSR count). The molecule has 0 amide bonds. The van der Waals surface area contributed by atoms with E-state index >= 15 is 0 Å². The lowest BCUT2D eigenvalue weighted by Crippen LogP contribution is -2.44. The summed E-state index contributed by atoms with van der Waals surface area (Å²) in [6.07, 6.45) is 2.12. The third-order valence-corrected chi connectivity index (χ3v) is 3.34. The molecule has 0 heterocycles. The second kappa shape index (κ2) is 9.77. The topological polar surface area (TPSA) is 45.7 Å². The van der Waals surface area contributed by atoms with Crippen LogP contribution >= 0.6 is 15.9 Å². The number of hydrogen-bond acceptors (Lipinski definition) is 2. The normalized spacial score (nSPS) is 13.1. The zero-order chi connectivity index (χ0) is 14.8. The summed E-state index contributed by atoms with van der Waals surface area (Å²) in [7, 11) is 3.48. The van der Waals surface area contributed by atoms with Crippen LogP contribution in [0.2, 0.25) is 0 Å². The molecule has 0 radical (unpaired) electrons. The fraction of sp³-hybridized carbons (Fsp3) is 0.533. The van der Waals surface area contributed by atoms with Crippen LogP contribution in [0.4, 0.5) is 0 Å². The number of rotatable bonds is 7. The molecule has 0 aliphatic heterocycles. The molecule has 112 valence electrons. The molecule has 5 heteroatoms. The molecule has 0 aliphatic rings. The Labute approximate surface area is 130 Å². The highest BCUT2D eigenvalue weighted by Gasteiger charge is 2.03. The van der Waals surface area contributed by atoms with Crippen molar-refractivity contribution in [2.24, 2.45) is 4.99 Å². The van der Waals surface area contributed by atoms with E-state index in [2.05, 4.69) is 56.7 Å². The first kappa shape index (κ1) is 17.0. The average molecular weight is 342 g/mol. The molecular formula is C15H24BrN3O. The molecule has 1 unspecified atom stereocenters. The van der Waals surface area contributed by atoms with Crippen LogP contribution in [-0.4, -0.2) is 39.3 Å². The summed E-state index contributed by atoms with van der Waals surface area (Å²) in [5, 5.41) is 6.60. The van der Waals surface area contributed by atoms with Gasteiger partial charge in [-0.15, -0.1) is 0 Å². The molecule has 1 aromatic rings. The first-order valence-corrected chi connectivity index (χ1v) is 7.65. The number of ether oxygens (including phenoxy) is 1. The van der Waals surface area contributed by atoms with Crippen LogP contribution in [0.25, 0.3) is 0 Å². The summed E-state index contributed by atoms with van der Waals surface area (Å²) in [5.41, 5.74) is 1.34. The van der Waals surface area contributed by atoms with Gasteiger partial charge >= 0.3 is 0 Å². The first-order chi connectivity index (χ1) is 9.65. The van der Waals surface area contributed by atoms with Gasteiger partial charge in [0.25, 0.3) is 0 Å². The van der Waals surface area contributed by atoms with Crippen molar-refractivity contribution in [3.05, 3.63) is 34.3 Å². The van der Waals surface area contributed by atoms with Crippen molar-refractivity contribution in [1.82, 2.24) is 10.6 Å². The van der Waals surface area contributed by atoms with Crippen LogP contribution < -0.4 is 10.6 Å². The molecular weight excluding hydrogens is 318 g/mol. The lowest BCUT2D eigenvalue weighted by Gasteiger charge is -2.17. The van der Waals surface area contributed by atoms with Gasteiger partial charge in [0.2, 0.25) is 0 Å². The summed E-state index contributed by atoms with van der Waals surface area (Å²) in [4.78, 5) is 4.20. The van der Waals surface area contributed by atoms with Crippen molar-refractivity contribution >= 4 is 21.9 Å². The summed E-state index contributed by atoms with van der Waals surface area (Å²) in [6.45, 7) is 3.63. The molecule has 2 N–H and O–H groups in total. The molecule has 20 heavy (non-hydrogen) atoms. The number of methoxy groups -OCH3 is 1. The van der Waals surface area contributed by atoms with E-state index < -0.39 is 0 Å². The van der Waals surface area contributed by atoms with Gasteiger partial charge in [-0.25, -0.2) is 0 Å². The third-order valence-electron chi connectivity index (χ3n) is 2.85. The van der Waals surface area contributed by atoms with E-state index in [4.69, 9.17) is 4.74 Å². The Morgan fingerprint density at radius 3 is 2.90 bits per heavy atom. The number of halogens is 1. The van der Waals surface area contributed by atoms with Crippen LogP contribution in [0.5, 0.6) is 0 Å². The Morgan fingerprint density at radius 2 is 2.25 bits per heavy atom. The van der Waals surface area contributed by atoms with Crippen molar-refractivity contribution in [3.63, 3.8) is 0 Å². The number of nitrogens with zero attached hydrogens (tertiary/aromatic N) is 1.